The lowest BCUT2D eigenvalue weighted by Crippen LogP contribution is -2.49. The fourth-order valence-electron chi connectivity index (χ4n) is 2.55. The summed E-state index contributed by atoms with van der Waals surface area (Å²) in [6.07, 6.45) is 5.92. The Bertz CT molecular complexity index is 550. The zero-order valence-electron chi connectivity index (χ0n) is 11.6. The number of carboxylic acid groups (broad SMARTS) is 1. The minimum atomic E-state index is -1.12. The largest absolute Gasteiger partial charge is 0.481 e. The van der Waals surface area contributed by atoms with Crippen molar-refractivity contribution in [3.63, 3.8) is 0 Å². The average Bonchev–Trinajstić information content (AvgIpc) is 2.48. The van der Waals surface area contributed by atoms with Crippen molar-refractivity contribution >= 4 is 34.0 Å². The number of nitrogens with zero attached hydrogens (tertiary/aromatic N) is 1. The lowest BCUT2D eigenvalue weighted by molar-refractivity contribution is -0.136. The third-order valence-corrected chi connectivity index (χ3v) is 6.32. The van der Waals surface area contributed by atoms with Crippen molar-refractivity contribution in [3.05, 3.63) is 30.1 Å². The SMILES string of the molecule is O=C(O)CCNC(=S)[C@]1(c2cccnc2)CCCC[S@@]1=O. The van der Waals surface area contributed by atoms with Crippen LogP contribution in [0.5, 0.6) is 0 Å². The van der Waals surface area contributed by atoms with Crippen LogP contribution in [0, 0.1) is 0 Å². The molecule has 5 nitrogen and oxygen atoms in total. The van der Waals surface area contributed by atoms with Gasteiger partial charge in [0.2, 0.25) is 0 Å². The Balaban J connectivity index is 2.26. The molecule has 0 aromatic carbocycles. The van der Waals surface area contributed by atoms with Crippen LogP contribution in [-0.4, -0.2) is 37.6 Å². The molecule has 0 aliphatic carbocycles. The van der Waals surface area contributed by atoms with E-state index in [2.05, 4.69) is 10.3 Å². The topological polar surface area (TPSA) is 79.3 Å². The standard InChI is InChI=1S/C14H18N2O3S2/c17-12(18)5-8-16-13(20)14(6-1-2-9-21(14)19)11-4-3-7-15-10-11/h3-4,7,10H,1-2,5-6,8-9H2,(H,16,20)(H,17,18)/t14-,21+/m1/s1. The van der Waals surface area contributed by atoms with Gasteiger partial charge in [0.05, 0.1) is 11.4 Å². The molecule has 1 aliphatic rings. The summed E-state index contributed by atoms with van der Waals surface area (Å²) < 4.78 is 12.0. The highest BCUT2D eigenvalue weighted by atomic mass is 32.2. The molecule has 0 amide bonds. The number of hydrogen-bond acceptors (Lipinski definition) is 4. The molecule has 0 bridgehead atoms. The van der Waals surface area contributed by atoms with Crippen molar-refractivity contribution in [2.45, 2.75) is 30.4 Å². The Morgan fingerprint density at radius 1 is 1.52 bits per heavy atom. The number of hydrogen-bond donors (Lipinski definition) is 2. The molecule has 2 rings (SSSR count). The van der Waals surface area contributed by atoms with Gasteiger partial charge >= 0.3 is 5.97 Å². The Hall–Kier alpha value is -1.34. The Morgan fingerprint density at radius 2 is 2.33 bits per heavy atom. The maximum atomic E-state index is 12.7. The van der Waals surface area contributed by atoms with E-state index in [0.717, 1.165) is 18.4 Å². The molecule has 1 saturated heterocycles. The minimum absolute atomic E-state index is 0.0180. The highest BCUT2D eigenvalue weighted by Gasteiger charge is 2.44. The van der Waals surface area contributed by atoms with E-state index in [1.807, 2.05) is 12.1 Å². The van der Waals surface area contributed by atoms with Gasteiger partial charge in [0.1, 0.15) is 4.75 Å². The van der Waals surface area contributed by atoms with Gasteiger partial charge in [-0.15, -0.1) is 0 Å². The van der Waals surface area contributed by atoms with Crippen LogP contribution in [0.4, 0.5) is 0 Å². The van der Waals surface area contributed by atoms with Crippen LogP contribution >= 0.6 is 12.2 Å². The highest BCUT2D eigenvalue weighted by molar-refractivity contribution is 7.90. The van der Waals surface area contributed by atoms with Crippen LogP contribution in [0.2, 0.25) is 0 Å². The molecule has 2 heterocycles. The summed E-state index contributed by atoms with van der Waals surface area (Å²) in [7, 11) is -1.12. The van der Waals surface area contributed by atoms with Gasteiger partial charge in [-0.25, -0.2) is 0 Å². The smallest absolute Gasteiger partial charge is 0.305 e. The van der Waals surface area contributed by atoms with Gasteiger partial charge in [0.15, 0.2) is 0 Å². The lowest BCUT2D eigenvalue weighted by Gasteiger charge is -2.37. The van der Waals surface area contributed by atoms with Crippen molar-refractivity contribution in [1.29, 1.82) is 0 Å². The maximum Gasteiger partial charge on any atom is 0.305 e. The van der Waals surface area contributed by atoms with Gasteiger partial charge in [-0.3, -0.25) is 14.0 Å². The molecular formula is C14H18N2O3S2. The number of rotatable bonds is 5. The number of aliphatic carboxylic acids is 1. The van der Waals surface area contributed by atoms with Gasteiger partial charge in [-0.05, 0) is 24.5 Å². The van der Waals surface area contributed by atoms with Crippen molar-refractivity contribution in [3.8, 4) is 0 Å². The highest BCUT2D eigenvalue weighted by Crippen LogP contribution is 2.38. The van der Waals surface area contributed by atoms with E-state index >= 15 is 0 Å². The Labute approximate surface area is 131 Å². The normalized spacial score (nSPS) is 25.2. The van der Waals surface area contributed by atoms with Crippen LogP contribution in [0.25, 0.3) is 0 Å². The Morgan fingerprint density at radius 3 is 2.95 bits per heavy atom. The predicted molar refractivity (Wildman–Crippen MR) is 85.6 cm³/mol. The average molecular weight is 326 g/mol. The van der Waals surface area contributed by atoms with E-state index in [0.29, 0.717) is 17.2 Å². The Kier molecular flexibility index (Phi) is 5.41. The fourth-order valence-corrected chi connectivity index (χ4v) is 5.00. The summed E-state index contributed by atoms with van der Waals surface area (Å²) in [5.74, 6) is -0.277. The number of carbonyl (C=O) groups is 1. The molecule has 114 valence electrons. The maximum absolute atomic E-state index is 12.7. The molecule has 0 unspecified atom stereocenters. The first-order chi connectivity index (χ1) is 10.1. The summed E-state index contributed by atoms with van der Waals surface area (Å²) in [6.45, 7) is 0.243. The van der Waals surface area contributed by atoms with E-state index in [9.17, 15) is 9.00 Å². The second kappa shape index (κ2) is 7.09. The number of pyridine rings is 1. The zero-order chi connectivity index (χ0) is 15.3. The summed E-state index contributed by atoms with van der Waals surface area (Å²) in [6, 6.07) is 3.70. The second-order valence-corrected chi connectivity index (χ2v) is 7.18. The van der Waals surface area contributed by atoms with Crippen LogP contribution in [0.3, 0.4) is 0 Å². The van der Waals surface area contributed by atoms with E-state index in [-0.39, 0.29) is 13.0 Å². The third-order valence-electron chi connectivity index (χ3n) is 3.62. The first-order valence-electron chi connectivity index (χ1n) is 6.86. The van der Waals surface area contributed by atoms with Gasteiger partial charge < -0.3 is 10.4 Å². The molecule has 1 aromatic heterocycles. The summed E-state index contributed by atoms with van der Waals surface area (Å²) in [4.78, 5) is 15.2. The van der Waals surface area contributed by atoms with E-state index in [1.54, 1.807) is 12.4 Å². The van der Waals surface area contributed by atoms with Crippen LogP contribution in [0.1, 0.15) is 31.2 Å². The van der Waals surface area contributed by atoms with E-state index < -0.39 is 21.5 Å². The number of thiocarbonyl (C=S) groups is 1. The van der Waals surface area contributed by atoms with Crippen molar-refractivity contribution in [1.82, 2.24) is 10.3 Å². The van der Waals surface area contributed by atoms with E-state index in [4.69, 9.17) is 17.3 Å². The molecule has 0 spiro atoms. The van der Waals surface area contributed by atoms with Crippen molar-refractivity contribution in [2.24, 2.45) is 0 Å². The summed E-state index contributed by atoms with van der Waals surface area (Å²) in [5, 5.41) is 11.7. The molecule has 0 saturated carbocycles. The third kappa shape index (κ3) is 3.47. The molecule has 0 radical (unpaired) electrons. The molecule has 1 aliphatic heterocycles. The number of carboxylic acids is 1. The molecule has 7 heteroatoms. The molecule has 1 fully saturated rings. The van der Waals surface area contributed by atoms with Crippen LogP contribution in [-0.2, 0) is 20.3 Å². The first-order valence-corrected chi connectivity index (χ1v) is 8.59. The number of aromatic nitrogens is 1. The van der Waals surface area contributed by atoms with Crippen molar-refractivity contribution < 1.29 is 14.1 Å². The monoisotopic (exact) mass is 326 g/mol. The molecule has 21 heavy (non-hydrogen) atoms. The number of nitrogens with one attached hydrogen (secondary N) is 1. The first kappa shape index (κ1) is 16.0. The zero-order valence-corrected chi connectivity index (χ0v) is 13.2. The summed E-state index contributed by atoms with van der Waals surface area (Å²) in [5.41, 5.74) is 0.843. The lowest BCUT2D eigenvalue weighted by atomic mass is 9.92. The van der Waals surface area contributed by atoms with Gasteiger partial charge in [-0.1, -0.05) is 24.7 Å². The molecule has 2 atom stereocenters. The minimum Gasteiger partial charge on any atom is -0.481 e. The predicted octanol–water partition coefficient (Wildman–Crippen LogP) is 1.60. The molecule has 1 aromatic rings. The fraction of sp³-hybridized carbons (Fsp3) is 0.500. The molecule has 2 N–H and O–H groups in total. The second-order valence-electron chi connectivity index (χ2n) is 4.98. The van der Waals surface area contributed by atoms with Crippen molar-refractivity contribution in [2.75, 3.05) is 12.3 Å². The van der Waals surface area contributed by atoms with Crippen LogP contribution in [0.15, 0.2) is 24.5 Å². The van der Waals surface area contributed by atoms with Crippen LogP contribution < -0.4 is 5.32 Å². The quantitative estimate of drug-likeness (QED) is 0.800. The van der Waals surface area contributed by atoms with E-state index in [1.165, 1.54) is 0 Å². The molecular weight excluding hydrogens is 308 g/mol. The van der Waals surface area contributed by atoms with Gasteiger partial charge in [0.25, 0.3) is 0 Å². The van der Waals surface area contributed by atoms with Gasteiger partial charge in [0, 0.05) is 35.5 Å². The van der Waals surface area contributed by atoms with Gasteiger partial charge in [-0.2, -0.15) is 0 Å². The summed E-state index contributed by atoms with van der Waals surface area (Å²) >= 11 is 5.47.